The summed E-state index contributed by atoms with van der Waals surface area (Å²) >= 11 is 0. The second-order valence-corrected chi connectivity index (χ2v) is 7.34. The second kappa shape index (κ2) is 7.33. The van der Waals surface area contributed by atoms with Crippen LogP contribution in [0.15, 0.2) is 36.4 Å². The maximum absolute atomic E-state index is 14.7. The van der Waals surface area contributed by atoms with Crippen molar-refractivity contribution in [1.82, 2.24) is 15.1 Å². The Labute approximate surface area is 167 Å². The van der Waals surface area contributed by atoms with E-state index >= 15 is 0 Å². The lowest BCUT2D eigenvalue weighted by atomic mass is 9.94. The number of nitrogens with zero attached hydrogens (tertiary/aromatic N) is 2. The highest BCUT2D eigenvalue weighted by Crippen LogP contribution is 2.45. The summed E-state index contributed by atoms with van der Waals surface area (Å²) in [6.45, 7) is 3.90. The molecule has 1 amide bonds. The number of halogens is 1. The molecule has 0 spiro atoms. The second-order valence-electron chi connectivity index (χ2n) is 7.34. The van der Waals surface area contributed by atoms with Gasteiger partial charge < -0.3 is 15.1 Å². The lowest BCUT2D eigenvalue weighted by Crippen LogP contribution is -2.31. The largest absolute Gasteiger partial charge is 0.507 e. The fraction of sp³-hybridized carbons (Fsp3) is 0.273. The van der Waals surface area contributed by atoms with Crippen LogP contribution in [0.1, 0.15) is 45.2 Å². The zero-order chi connectivity index (χ0) is 20.7. The predicted octanol–water partition coefficient (Wildman–Crippen LogP) is 3.47. The van der Waals surface area contributed by atoms with Gasteiger partial charge >= 0.3 is 0 Å². The van der Waals surface area contributed by atoms with E-state index in [1.165, 1.54) is 6.07 Å². The number of fused-ring (bicyclic) bond motifs is 1. The smallest absolute Gasteiger partial charge is 0.273 e. The summed E-state index contributed by atoms with van der Waals surface area (Å²) < 4.78 is 14.7. The summed E-state index contributed by atoms with van der Waals surface area (Å²) in [5, 5.41) is 27.0. The number of rotatable bonds is 5. The van der Waals surface area contributed by atoms with Crippen molar-refractivity contribution in [2.45, 2.75) is 26.3 Å². The van der Waals surface area contributed by atoms with Crippen LogP contribution >= 0.6 is 0 Å². The molecule has 1 aliphatic rings. The average Bonchev–Trinajstić information content (AvgIpc) is 3.23. The van der Waals surface area contributed by atoms with Gasteiger partial charge in [0.2, 0.25) is 0 Å². The van der Waals surface area contributed by atoms with Crippen molar-refractivity contribution in [1.29, 1.82) is 0 Å². The number of aliphatic hydroxyl groups excluding tert-OH is 1. The number of phenols is 1. The molecule has 1 atom stereocenters. The van der Waals surface area contributed by atoms with Crippen molar-refractivity contribution in [2.24, 2.45) is 0 Å². The molecular formula is C22H22FN3O3. The van der Waals surface area contributed by atoms with Crippen LogP contribution in [0, 0.1) is 19.7 Å². The van der Waals surface area contributed by atoms with Crippen LogP contribution in [-0.4, -0.2) is 44.4 Å². The Morgan fingerprint density at radius 2 is 2.00 bits per heavy atom. The van der Waals surface area contributed by atoms with Crippen molar-refractivity contribution in [3.63, 3.8) is 0 Å². The number of nitrogens with one attached hydrogen (secondary N) is 1. The number of carbonyl (C=O) groups is 1. The van der Waals surface area contributed by atoms with E-state index in [2.05, 4.69) is 10.2 Å². The first-order valence-corrected chi connectivity index (χ1v) is 9.49. The Bertz CT molecular complexity index is 1090. The van der Waals surface area contributed by atoms with Crippen LogP contribution < -0.4 is 0 Å². The zero-order valence-electron chi connectivity index (χ0n) is 16.2. The minimum Gasteiger partial charge on any atom is -0.507 e. The number of hydrogen-bond acceptors (Lipinski definition) is 4. The average molecular weight is 395 g/mol. The maximum Gasteiger partial charge on any atom is 0.273 e. The zero-order valence-corrected chi connectivity index (χ0v) is 16.2. The van der Waals surface area contributed by atoms with Crippen LogP contribution in [0.25, 0.3) is 11.3 Å². The van der Waals surface area contributed by atoms with Gasteiger partial charge in [0.05, 0.1) is 6.04 Å². The number of amides is 1. The number of benzene rings is 2. The molecule has 1 aromatic heterocycles. The van der Waals surface area contributed by atoms with E-state index in [0.29, 0.717) is 34.4 Å². The molecule has 3 N–H and O–H groups in total. The van der Waals surface area contributed by atoms with Gasteiger partial charge in [-0.3, -0.25) is 9.89 Å². The predicted molar refractivity (Wildman–Crippen MR) is 106 cm³/mol. The summed E-state index contributed by atoms with van der Waals surface area (Å²) in [5.74, 6) is -0.647. The summed E-state index contributed by atoms with van der Waals surface area (Å²) in [4.78, 5) is 14.6. The Morgan fingerprint density at radius 3 is 2.72 bits per heavy atom. The first kappa shape index (κ1) is 19.1. The molecule has 2 heterocycles. The van der Waals surface area contributed by atoms with E-state index in [0.717, 1.165) is 5.56 Å². The highest BCUT2D eigenvalue weighted by molar-refractivity contribution is 6.00. The molecule has 0 saturated heterocycles. The molecule has 0 saturated carbocycles. The maximum atomic E-state index is 14.7. The SMILES string of the molecule is Cc1cc(C)c(O)c(-c2n[nH]c3c2C(c2ccccc2F)N(CCCO)C3=O)c1. The molecule has 150 valence electrons. The monoisotopic (exact) mass is 395 g/mol. The lowest BCUT2D eigenvalue weighted by molar-refractivity contribution is 0.0730. The number of phenolic OH excluding ortho intramolecular Hbond substituents is 1. The van der Waals surface area contributed by atoms with Crippen molar-refractivity contribution < 1.29 is 19.4 Å². The Balaban J connectivity index is 1.94. The molecule has 1 aliphatic heterocycles. The minimum atomic E-state index is -0.695. The molecule has 4 rings (SSSR count). The van der Waals surface area contributed by atoms with Crippen LogP contribution in [0.4, 0.5) is 4.39 Å². The number of aromatic nitrogens is 2. The number of hydrogen-bond donors (Lipinski definition) is 3. The van der Waals surface area contributed by atoms with Crippen molar-refractivity contribution in [2.75, 3.05) is 13.2 Å². The van der Waals surface area contributed by atoms with Gasteiger partial charge in [-0.15, -0.1) is 0 Å². The molecule has 0 fully saturated rings. The van der Waals surface area contributed by atoms with Gasteiger partial charge in [0, 0.05) is 29.8 Å². The standard InChI is InChI=1S/C22H22FN3O3/c1-12-10-13(2)21(28)15(11-12)18-17-19(25-24-18)22(29)26(8-5-9-27)20(17)14-6-3-4-7-16(14)23/h3-4,6-7,10-11,20,27-28H,5,8-9H2,1-2H3,(H,24,25). The topological polar surface area (TPSA) is 89.5 Å². The fourth-order valence-corrected chi connectivity index (χ4v) is 4.03. The molecule has 3 aromatic rings. The molecule has 1 unspecified atom stereocenters. The number of aromatic hydroxyl groups is 1. The number of aliphatic hydroxyl groups is 1. The fourth-order valence-electron chi connectivity index (χ4n) is 4.03. The summed E-state index contributed by atoms with van der Waals surface area (Å²) in [7, 11) is 0. The number of H-pyrrole nitrogens is 1. The molecule has 0 radical (unpaired) electrons. The van der Waals surface area contributed by atoms with E-state index in [-0.39, 0.29) is 30.5 Å². The molecule has 2 aromatic carbocycles. The third-order valence-electron chi connectivity index (χ3n) is 5.32. The molecular weight excluding hydrogens is 373 g/mol. The Kier molecular flexibility index (Phi) is 4.84. The van der Waals surface area contributed by atoms with Gasteiger partial charge in [-0.05, 0) is 43.5 Å². The third kappa shape index (κ3) is 3.07. The number of aryl methyl sites for hydroxylation is 2. The van der Waals surface area contributed by atoms with Gasteiger partial charge in [0.1, 0.15) is 23.0 Å². The first-order chi connectivity index (χ1) is 13.9. The van der Waals surface area contributed by atoms with Gasteiger partial charge in [-0.25, -0.2) is 4.39 Å². The number of aromatic amines is 1. The van der Waals surface area contributed by atoms with Gasteiger partial charge in [-0.2, -0.15) is 5.10 Å². The van der Waals surface area contributed by atoms with E-state index in [1.54, 1.807) is 36.1 Å². The summed E-state index contributed by atoms with van der Waals surface area (Å²) in [6, 6.07) is 9.29. The van der Waals surface area contributed by atoms with Crippen LogP contribution in [0.3, 0.4) is 0 Å². The first-order valence-electron chi connectivity index (χ1n) is 9.49. The number of carbonyl (C=O) groups excluding carboxylic acids is 1. The van der Waals surface area contributed by atoms with Gasteiger partial charge in [0.25, 0.3) is 5.91 Å². The van der Waals surface area contributed by atoms with Gasteiger partial charge in [0.15, 0.2) is 0 Å². The lowest BCUT2D eigenvalue weighted by Gasteiger charge is -2.26. The van der Waals surface area contributed by atoms with Crippen molar-refractivity contribution in [3.05, 3.63) is 70.2 Å². The minimum absolute atomic E-state index is 0.0787. The van der Waals surface area contributed by atoms with Gasteiger partial charge in [-0.1, -0.05) is 24.3 Å². The highest BCUT2D eigenvalue weighted by Gasteiger charge is 2.43. The molecule has 7 heteroatoms. The van der Waals surface area contributed by atoms with E-state index in [4.69, 9.17) is 0 Å². The Hall–Kier alpha value is -3.19. The van der Waals surface area contributed by atoms with E-state index in [9.17, 15) is 19.4 Å². The molecule has 6 nitrogen and oxygen atoms in total. The van der Waals surface area contributed by atoms with E-state index in [1.807, 2.05) is 13.0 Å². The quantitative estimate of drug-likeness (QED) is 0.617. The molecule has 0 bridgehead atoms. The van der Waals surface area contributed by atoms with Crippen molar-refractivity contribution in [3.8, 4) is 17.0 Å². The van der Waals surface area contributed by atoms with E-state index < -0.39 is 11.9 Å². The van der Waals surface area contributed by atoms with Crippen LogP contribution in [0.5, 0.6) is 5.75 Å². The molecule has 29 heavy (non-hydrogen) atoms. The third-order valence-corrected chi connectivity index (χ3v) is 5.32. The highest BCUT2D eigenvalue weighted by atomic mass is 19.1. The summed E-state index contributed by atoms with van der Waals surface area (Å²) in [5.41, 5.74) is 3.74. The van der Waals surface area contributed by atoms with Crippen LogP contribution in [-0.2, 0) is 0 Å². The van der Waals surface area contributed by atoms with Crippen molar-refractivity contribution >= 4 is 5.91 Å². The van der Waals surface area contributed by atoms with Crippen LogP contribution in [0.2, 0.25) is 0 Å². The summed E-state index contributed by atoms with van der Waals surface area (Å²) in [6.07, 6.45) is 0.374. The molecule has 0 aliphatic carbocycles. The normalized spacial score (nSPS) is 15.8. The Morgan fingerprint density at radius 1 is 1.24 bits per heavy atom.